The molecule has 4 unspecified atom stereocenters. The summed E-state index contributed by atoms with van der Waals surface area (Å²) in [6.45, 7) is 11.4. The van der Waals surface area contributed by atoms with Crippen molar-refractivity contribution in [2.75, 3.05) is 13.2 Å². The Morgan fingerprint density at radius 2 is 1.73 bits per heavy atom. The van der Waals surface area contributed by atoms with Crippen molar-refractivity contribution >= 4 is 0 Å². The van der Waals surface area contributed by atoms with Crippen molar-refractivity contribution in [2.24, 2.45) is 23.2 Å². The quantitative estimate of drug-likeness (QED) is 0.484. The maximum atomic E-state index is 11.5. The molecular formula is C26H40O4. The normalized spacial score (nSPS) is 45.4. The van der Waals surface area contributed by atoms with Crippen LogP contribution < -0.4 is 0 Å². The minimum atomic E-state index is -0.708. The molecule has 5 aliphatic rings. The van der Waals surface area contributed by atoms with Crippen LogP contribution in [-0.2, 0) is 9.47 Å². The molecule has 3 saturated carbocycles. The third-order valence-corrected chi connectivity index (χ3v) is 8.70. The molecule has 2 N–H and O–H groups in total. The van der Waals surface area contributed by atoms with Crippen LogP contribution in [0.5, 0.6) is 0 Å². The maximum Gasteiger partial charge on any atom is 0.171 e. The smallest absolute Gasteiger partial charge is 0.171 e. The van der Waals surface area contributed by atoms with Gasteiger partial charge in [0.15, 0.2) is 5.79 Å². The molecule has 0 aromatic rings. The zero-order valence-electron chi connectivity index (χ0n) is 19.0. The fourth-order valence-electron chi connectivity index (χ4n) is 7.35. The van der Waals surface area contributed by atoms with Crippen molar-refractivity contribution in [1.82, 2.24) is 0 Å². The van der Waals surface area contributed by atoms with Crippen LogP contribution in [-0.4, -0.2) is 40.4 Å². The first-order chi connectivity index (χ1) is 14.3. The minimum absolute atomic E-state index is 0.204. The molecule has 168 valence electrons. The van der Waals surface area contributed by atoms with Gasteiger partial charge in [0, 0.05) is 24.2 Å². The average Bonchev–Trinajstić information content (AvgIpc) is 3.31. The summed E-state index contributed by atoms with van der Waals surface area (Å²) in [6, 6.07) is 0. The largest absolute Gasteiger partial charge is 0.389 e. The molecule has 4 heteroatoms. The summed E-state index contributed by atoms with van der Waals surface area (Å²) in [5.74, 6) is 0.595. The molecule has 1 spiro atoms. The number of fused-ring (bicyclic) bond motifs is 5. The number of aliphatic hydroxyl groups is 2. The number of hydrogen-bond donors (Lipinski definition) is 2. The molecule has 1 saturated heterocycles. The molecule has 30 heavy (non-hydrogen) atoms. The van der Waals surface area contributed by atoms with Gasteiger partial charge in [0.05, 0.1) is 24.4 Å². The third-order valence-electron chi connectivity index (χ3n) is 8.70. The lowest BCUT2D eigenvalue weighted by Crippen LogP contribution is -2.57. The summed E-state index contributed by atoms with van der Waals surface area (Å²) in [7, 11) is 0. The van der Waals surface area contributed by atoms with Crippen LogP contribution >= 0.6 is 0 Å². The highest BCUT2D eigenvalue weighted by Crippen LogP contribution is 2.65. The SMILES string of the molecule is C#C.C=CC12CC=C3C(CC[C@@]4(O)CC5(CCC34)OCCO5)C1CC[C@]2(C)O.CC. The average molecular weight is 417 g/mol. The van der Waals surface area contributed by atoms with Gasteiger partial charge in [-0.2, -0.15) is 0 Å². The summed E-state index contributed by atoms with van der Waals surface area (Å²) in [6.07, 6.45) is 19.4. The van der Waals surface area contributed by atoms with Gasteiger partial charge in [-0.05, 0) is 57.3 Å². The van der Waals surface area contributed by atoms with E-state index in [4.69, 9.17) is 9.47 Å². The van der Waals surface area contributed by atoms with Crippen LogP contribution in [0.3, 0.4) is 0 Å². The molecule has 5 rings (SSSR count). The lowest BCUT2D eigenvalue weighted by Gasteiger charge is -2.57. The Kier molecular flexibility index (Phi) is 6.62. The standard InChI is InChI=1S/C22H32O4.C2H6.C2H2/c1-3-20-9-4-16-15(17(20)6-8-19(20,2)23)5-10-21(24)14-22(11-7-18(16)21)25-12-13-26-22;2*1-2/h3-4,15,17-18,23-24H,1,5-14H2,2H3;1-2H3;1-2H/t15?,17?,18?,19-,20?,21+;;/m0../s1. The Bertz CT molecular complexity index is 686. The Morgan fingerprint density at radius 1 is 1.07 bits per heavy atom. The van der Waals surface area contributed by atoms with Crippen LogP contribution in [0.4, 0.5) is 0 Å². The summed E-state index contributed by atoms with van der Waals surface area (Å²) < 4.78 is 11.8. The van der Waals surface area contributed by atoms with Crippen LogP contribution in [0, 0.1) is 36.0 Å². The van der Waals surface area contributed by atoms with E-state index in [1.54, 1.807) is 0 Å². The van der Waals surface area contributed by atoms with Crippen molar-refractivity contribution < 1.29 is 19.7 Å². The van der Waals surface area contributed by atoms with E-state index in [9.17, 15) is 10.2 Å². The van der Waals surface area contributed by atoms with Gasteiger partial charge in [-0.1, -0.05) is 31.6 Å². The molecule has 4 aliphatic carbocycles. The monoisotopic (exact) mass is 416 g/mol. The second-order valence-corrected chi connectivity index (χ2v) is 9.70. The molecule has 1 aliphatic heterocycles. The Balaban J connectivity index is 0.000000606. The Hall–Kier alpha value is -1.12. The number of terminal acetylenes is 1. The maximum absolute atomic E-state index is 11.5. The summed E-state index contributed by atoms with van der Waals surface area (Å²) in [5, 5.41) is 22.6. The highest BCUT2D eigenvalue weighted by molar-refractivity contribution is 5.32. The molecule has 0 aromatic heterocycles. The fraction of sp³-hybridized carbons (Fsp3) is 0.769. The van der Waals surface area contributed by atoms with E-state index in [1.165, 1.54) is 5.57 Å². The van der Waals surface area contributed by atoms with E-state index >= 15 is 0 Å². The van der Waals surface area contributed by atoms with Gasteiger partial charge in [-0.3, -0.25) is 0 Å². The van der Waals surface area contributed by atoms with E-state index in [0.717, 1.165) is 44.9 Å². The number of hydrogen-bond acceptors (Lipinski definition) is 4. The van der Waals surface area contributed by atoms with E-state index in [0.29, 0.717) is 31.5 Å². The Labute approximate surface area is 182 Å². The van der Waals surface area contributed by atoms with Crippen molar-refractivity contribution in [3.63, 3.8) is 0 Å². The first-order valence-electron chi connectivity index (χ1n) is 11.7. The molecule has 4 fully saturated rings. The predicted molar refractivity (Wildman–Crippen MR) is 120 cm³/mol. The lowest BCUT2D eigenvalue weighted by atomic mass is 9.51. The second kappa shape index (κ2) is 8.43. The van der Waals surface area contributed by atoms with E-state index < -0.39 is 17.0 Å². The molecule has 6 atom stereocenters. The second-order valence-electron chi connectivity index (χ2n) is 9.70. The topological polar surface area (TPSA) is 58.9 Å². The van der Waals surface area contributed by atoms with Crippen LogP contribution in [0.2, 0.25) is 0 Å². The van der Waals surface area contributed by atoms with Crippen LogP contribution in [0.25, 0.3) is 0 Å². The van der Waals surface area contributed by atoms with Gasteiger partial charge in [-0.15, -0.1) is 19.4 Å². The summed E-state index contributed by atoms with van der Waals surface area (Å²) >= 11 is 0. The third kappa shape index (κ3) is 3.30. The Morgan fingerprint density at radius 3 is 2.37 bits per heavy atom. The van der Waals surface area contributed by atoms with Crippen LogP contribution in [0.1, 0.15) is 72.1 Å². The molecule has 4 nitrogen and oxygen atoms in total. The molecule has 1 heterocycles. The van der Waals surface area contributed by atoms with Gasteiger partial charge >= 0.3 is 0 Å². The minimum Gasteiger partial charge on any atom is -0.389 e. The molecule has 0 amide bonds. The molecular weight excluding hydrogens is 376 g/mol. The first kappa shape index (κ1) is 23.5. The van der Waals surface area contributed by atoms with E-state index in [-0.39, 0.29) is 11.3 Å². The van der Waals surface area contributed by atoms with Crippen molar-refractivity contribution in [2.45, 2.75) is 89.1 Å². The van der Waals surface area contributed by atoms with Gasteiger partial charge in [0.2, 0.25) is 0 Å². The number of rotatable bonds is 1. The van der Waals surface area contributed by atoms with Crippen molar-refractivity contribution in [3.8, 4) is 12.8 Å². The highest BCUT2D eigenvalue weighted by atomic mass is 16.7. The van der Waals surface area contributed by atoms with Crippen molar-refractivity contribution in [1.29, 1.82) is 0 Å². The van der Waals surface area contributed by atoms with Gasteiger partial charge in [-0.25, -0.2) is 0 Å². The lowest BCUT2D eigenvalue weighted by molar-refractivity contribution is -0.235. The van der Waals surface area contributed by atoms with Gasteiger partial charge in [0.25, 0.3) is 0 Å². The number of allylic oxidation sites excluding steroid dienone is 1. The number of ether oxygens (including phenoxy) is 2. The van der Waals surface area contributed by atoms with Crippen molar-refractivity contribution in [3.05, 3.63) is 24.3 Å². The summed E-state index contributed by atoms with van der Waals surface area (Å²) in [4.78, 5) is 0. The van der Waals surface area contributed by atoms with Gasteiger partial charge < -0.3 is 19.7 Å². The fourth-order valence-corrected chi connectivity index (χ4v) is 7.35. The van der Waals surface area contributed by atoms with E-state index in [2.05, 4.69) is 25.5 Å². The summed E-state index contributed by atoms with van der Waals surface area (Å²) in [5.41, 5.74) is -0.131. The molecule has 0 bridgehead atoms. The molecule has 0 radical (unpaired) electrons. The zero-order valence-corrected chi connectivity index (χ0v) is 19.0. The first-order valence-corrected chi connectivity index (χ1v) is 11.7. The van der Waals surface area contributed by atoms with E-state index in [1.807, 2.05) is 26.8 Å². The zero-order chi connectivity index (χ0) is 22.2. The predicted octanol–water partition coefficient (Wildman–Crippen LogP) is 4.61. The molecule has 0 aromatic carbocycles. The van der Waals surface area contributed by atoms with Crippen LogP contribution in [0.15, 0.2) is 24.3 Å². The van der Waals surface area contributed by atoms with Gasteiger partial charge in [0.1, 0.15) is 0 Å². The highest BCUT2D eigenvalue weighted by Gasteiger charge is 2.63.